The molecule has 2 heterocycles. The van der Waals surface area contributed by atoms with Crippen molar-refractivity contribution >= 4 is 23.5 Å². The van der Waals surface area contributed by atoms with E-state index >= 15 is 0 Å². The number of Topliss-reactive ketones (excluding diaryl/α,β-unsaturated/α-hetero) is 1. The molecular formula is C31H30N2O4. The highest BCUT2D eigenvalue weighted by atomic mass is 16.2. The minimum Gasteiger partial charge on any atom is -0.342 e. The van der Waals surface area contributed by atoms with Gasteiger partial charge >= 0.3 is 0 Å². The van der Waals surface area contributed by atoms with Crippen molar-refractivity contribution in [3.05, 3.63) is 96.1 Å². The predicted molar refractivity (Wildman–Crippen MR) is 141 cm³/mol. The number of ketones is 1. The number of piperidine rings is 1. The van der Waals surface area contributed by atoms with Crippen LogP contribution in [0.4, 0.5) is 0 Å². The van der Waals surface area contributed by atoms with E-state index in [0.717, 1.165) is 28.9 Å². The number of likely N-dealkylation sites (tertiary alicyclic amines) is 2. The van der Waals surface area contributed by atoms with Crippen LogP contribution in [0.15, 0.2) is 84.9 Å². The molecule has 2 aliphatic rings. The van der Waals surface area contributed by atoms with Crippen LogP contribution in [0.2, 0.25) is 0 Å². The molecule has 0 N–H and O–H groups in total. The van der Waals surface area contributed by atoms with Gasteiger partial charge in [-0.15, -0.1) is 0 Å². The second kappa shape index (κ2) is 10.1. The Kier molecular flexibility index (Phi) is 6.74. The molecule has 5 rings (SSSR count). The summed E-state index contributed by atoms with van der Waals surface area (Å²) in [7, 11) is 1.48. The van der Waals surface area contributed by atoms with Gasteiger partial charge in [0.25, 0.3) is 0 Å². The van der Waals surface area contributed by atoms with E-state index in [9.17, 15) is 19.2 Å². The van der Waals surface area contributed by atoms with Gasteiger partial charge in [-0.25, -0.2) is 0 Å². The topological polar surface area (TPSA) is 74.8 Å². The van der Waals surface area contributed by atoms with Crippen LogP contribution in [0.5, 0.6) is 0 Å². The maximum atomic E-state index is 13.6. The molecule has 0 aromatic heterocycles. The van der Waals surface area contributed by atoms with Crippen LogP contribution in [-0.4, -0.2) is 53.4 Å². The molecule has 0 spiro atoms. The van der Waals surface area contributed by atoms with E-state index in [1.54, 1.807) is 17.0 Å². The number of imide groups is 1. The molecule has 3 amide bonds. The monoisotopic (exact) mass is 494 g/mol. The van der Waals surface area contributed by atoms with Gasteiger partial charge in [-0.2, -0.15) is 0 Å². The van der Waals surface area contributed by atoms with Crippen LogP contribution in [-0.2, 0) is 19.8 Å². The highest BCUT2D eigenvalue weighted by molar-refractivity contribution is 6.10. The van der Waals surface area contributed by atoms with Crippen molar-refractivity contribution in [1.29, 1.82) is 0 Å². The third kappa shape index (κ3) is 4.71. The van der Waals surface area contributed by atoms with Gasteiger partial charge in [0.05, 0.1) is 5.41 Å². The first-order valence-electron chi connectivity index (χ1n) is 12.7. The first kappa shape index (κ1) is 24.6. The lowest BCUT2D eigenvalue weighted by atomic mass is 9.75. The van der Waals surface area contributed by atoms with Gasteiger partial charge in [-0.05, 0) is 29.5 Å². The second-order valence-corrected chi connectivity index (χ2v) is 10.0. The Hall–Kier alpha value is -4.06. The van der Waals surface area contributed by atoms with Gasteiger partial charge in [-0.3, -0.25) is 24.1 Å². The van der Waals surface area contributed by atoms with E-state index < -0.39 is 5.41 Å². The molecule has 3 aromatic carbocycles. The summed E-state index contributed by atoms with van der Waals surface area (Å²) in [6, 6.07) is 26.6. The molecule has 0 saturated carbocycles. The van der Waals surface area contributed by atoms with E-state index in [1.807, 2.05) is 72.8 Å². The number of rotatable bonds is 6. The van der Waals surface area contributed by atoms with E-state index in [2.05, 4.69) is 0 Å². The first-order chi connectivity index (χ1) is 17.9. The van der Waals surface area contributed by atoms with Crippen LogP contribution >= 0.6 is 0 Å². The van der Waals surface area contributed by atoms with Crippen LogP contribution in [0.25, 0.3) is 11.1 Å². The molecule has 2 fully saturated rings. The number of hydrogen-bond acceptors (Lipinski definition) is 4. The van der Waals surface area contributed by atoms with Crippen molar-refractivity contribution in [2.24, 2.45) is 5.92 Å². The molecule has 6 heteroatoms. The van der Waals surface area contributed by atoms with Crippen LogP contribution in [0, 0.1) is 5.92 Å². The van der Waals surface area contributed by atoms with Gasteiger partial charge in [0.1, 0.15) is 0 Å². The average molecular weight is 495 g/mol. The smallest absolute Gasteiger partial charge is 0.240 e. The minimum absolute atomic E-state index is 0.0381. The summed E-state index contributed by atoms with van der Waals surface area (Å²) >= 11 is 0. The maximum absolute atomic E-state index is 13.6. The predicted octanol–water partition coefficient (Wildman–Crippen LogP) is 4.49. The summed E-state index contributed by atoms with van der Waals surface area (Å²) in [6.45, 7) is 0.867. The summed E-state index contributed by atoms with van der Waals surface area (Å²) in [4.78, 5) is 55.6. The molecular weight excluding hydrogens is 464 g/mol. The Morgan fingerprint density at radius 1 is 0.865 bits per heavy atom. The second-order valence-electron chi connectivity index (χ2n) is 10.0. The van der Waals surface area contributed by atoms with Crippen molar-refractivity contribution in [2.75, 3.05) is 20.1 Å². The molecule has 6 nitrogen and oxygen atoms in total. The Labute approximate surface area is 216 Å². The Bertz CT molecular complexity index is 1320. The number of carbonyl (C=O) groups is 4. The first-order valence-corrected chi connectivity index (χ1v) is 12.7. The van der Waals surface area contributed by atoms with Gasteiger partial charge < -0.3 is 4.90 Å². The van der Waals surface area contributed by atoms with Gasteiger partial charge in [0.2, 0.25) is 17.7 Å². The molecule has 2 aliphatic heterocycles. The zero-order chi connectivity index (χ0) is 26.0. The number of benzene rings is 3. The Morgan fingerprint density at radius 2 is 1.49 bits per heavy atom. The Balaban J connectivity index is 1.39. The third-order valence-electron chi connectivity index (χ3n) is 7.74. The number of hydrogen-bond donors (Lipinski definition) is 0. The number of likely N-dealkylation sites (N-methyl/N-ethyl adjacent to an activating group) is 1. The van der Waals surface area contributed by atoms with Crippen molar-refractivity contribution in [1.82, 2.24) is 9.80 Å². The highest BCUT2D eigenvalue weighted by Gasteiger charge is 2.53. The standard InChI is InChI=1S/C31H30N2O4/c1-32-27(34)19-31(30(32)37,26-16-14-23(15-17-26)22-9-4-2-5-10-22)20-28(35)33-18-8-13-25(21-33)29(36)24-11-6-3-7-12-24/h2-7,9-12,14-17,25H,8,13,18-21H2,1H3/t25-,31+/m0/s1. The number of amides is 3. The van der Waals surface area contributed by atoms with Crippen LogP contribution < -0.4 is 0 Å². The molecule has 0 unspecified atom stereocenters. The average Bonchev–Trinajstić information content (AvgIpc) is 3.17. The molecule has 37 heavy (non-hydrogen) atoms. The summed E-state index contributed by atoms with van der Waals surface area (Å²) in [5.41, 5.74) is 2.11. The van der Waals surface area contributed by atoms with Crippen molar-refractivity contribution in [3.63, 3.8) is 0 Å². The fraction of sp³-hybridized carbons (Fsp3) is 0.290. The van der Waals surface area contributed by atoms with Crippen molar-refractivity contribution in [2.45, 2.75) is 31.1 Å². The van der Waals surface area contributed by atoms with E-state index in [0.29, 0.717) is 24.2 Å². The third-order valence-corrected chi connectivity index (χ3v) is 7.74. The maximum Gasteiger partial charge on any atom is 0.240 e. The zero-order valence-electron chi connectivity index (χ0n) is 20.9. The van der Waals surface area contributed by atoms with E-state index in [-0.39, 0.29) is 42.3 Å². The Morgan fingerprint density at radius 3 is 2.11 bits per heavy atom. The van der Waals surface area contributed by atoms with Gasteiger partial charge in [0, 0.05) is 44.5 Å². The lowest BCUT2D eigenvalue weighted by molar-refractivity contribution is -0.142. The quantitative estimate of drug-likeness (QED) is 0.374. The largest absolute Gasteiger partial charge is 0.342 e. The molecule has 3 aromatic rings. The van der Waals surface area contributed by atoms with Crippen molar-refractivity contribution in [3.8, 4) is 11.1 Å². The SMILES string of the molecule is CN1C(=O)C[C@@](CC(=O)N2CCC[C@H](C(=O)c3ccccc3)C2)(c2ccc(-c3ccccc3)cc2)C1=O. The van der Waals surface area contributed by atoms with Gasteiger partial charge in [-0.1, -0.05) is 84.9 Å². The molecule has 2 saturated heterocycles. The molecule has 0 aliphatic carbocycles. The summed E-state index contributed by atoms with van der Waals surface area (Å²) in [5.74, 6) is -1.08. The van der Waals surface area contributed by atoms with Gasteiger partial charge in [0.15, 0.2) is 5.78 Å². The fourth-order valence-corrected chi connectivity index (χ4v) is 5.59. The zero-order valence-corrected chi connectivity index (χ0v) is 20.9. The highest BCUT2D eigenvalue weighted by Crippen LogP contribution is 2.41. The lowest BCUT2D eigenvalue weighted by Gasteiger charge is -2.35. The molecule has 0 bridgehead atoms. The minimum atomic E-state index is -1.24. The van der Waals surface area contributed by atoms with E-state index in [4.69, 9.17) is 0 Å². The van der Waals surface area contributed by atoms with E-state index in [1.165, 1.54) is 7.05 Å². The fourth-order valence-electron chi connectivity index (χ4n) is 5.59. The summed E-state index contributed by atoms with van der Waals surface area (Å²) in [6.07, 6.45) is 1.31. The summed E-state index contributed by atoms with van der Waals surface area (Å²) < 4.78 is 0. The normalized spacial score (nSPS) is 21.8. The lowest BCUT2D eigenvalue weighted by Crippen LogP contribution is -2.46. The van der Waals surface area contributed by atoms with Crippen molar-refractivity contribution < 1.29 is 19.2 Å². The van der Waals surface area contributed by atoms with Crippen LogP contribution in [0.1, 0.15) is 41.6 Å². The molecule has 0 radical (unpaired) electrons. The number of nitrogens with zero attached hydrogens (tertiary/aromatic N) is 2. The van der Waals surface area contributed by atoms with Crippen LogP contribution in [0.3, 0.4) is 0 Å². The molecule has 188 valence electrons. The summed E-state index contributed by atoms with van der Waals surface area (Å²) in [5, 5.41) is 0. The number of carbonyl (C=O) groups excluding carboxylic acids is 4. The molecule has 2 atom stereocenters.